The lowest BCUT2D eigenvalue weighted by Gasteiger charge is -2.11. The highest BCUT2D eigenvalue weighted by molar-refractivity contribution is 5.88. The summed E-state index contributed by atoms with van der Waals surface area (Å²) in [5, 5.41) is 14.2. The Morgan fingerprint density at radius 2 is 2.04 bits per heavy atom. The molecule has 0 saturated carbocycles. The SMILES string of the molecule is Cc1ccccc1-n1nccc1NC(=O)NCCCc1cnn(C)c1. The van der Waals surface area contributed by atoms with Crippen molar-refractivity contribution in [2.24, 2.45) is 7.05 Å². The molecular weight excluding hydrogens is 316 g/mol. The smallest absolute Gasteiger partial charge is 0.320 e. The quantitative estimate of drug-likeness (QED) is 0.678. The molecular formula is C18H22N6O. The molecule has 0 spiro atoms. The van der Waals surface area contributed by atoms with Gasteiger partial charge >= 0.3 is 6.03 Å². The van der Waals surface area contributed by atoms with Crippen LogP contribution in [0, 0.1) is 6.92 Å². The fourth-order valence-corrected chi connectivity index (χ4v) is 2.65. The van der Waals surface area contributed by atoms with Gasteiger partial charge in [-0.3, -0.25) is 10.00 Å². The van der Waals surface area contributed by atoms with Gasteiger partial charge in [-0.25, -0.2) is 9.48 Å². The standard InChI is InChI=1S/C18H22N6O/c1-14-6-3-4-8-16(14)24-17(9-11-20-24)22-18(25)19-10-5-7-15-12-21-23(2)13-15/h3-4,6,8-9,11-13H,5,7,10H2,1-2H3,(H2,19,22,25). The first-order valence-corrected chi connectivity index (χ1v) is 8.26. The summed E-state index contributed by atoms with van der Waals surface area (Å²) in [5.41, 5.74) is 3.20. The Balaban J connectivity index is 1.52. The van der Waals surface area contributed by atoms with Crippen molar-refractivity contribution in [2.75, 3.05) is 11.9 Å². The predicted octanol–water partition coefficient (Wildman–Crippen LogP) is 2.67. The van der Waals surface area contributed by atoms with Crippen LogP contribution in [0.25, 0.3) is 5.69 Å². The van der Waals surface area contributed by atoms with Crippen molar-refractivity contribution < 1.29 is 4.79 Å². The number of para-hydroxylation sites is 1. The topological polar surface area (TPSA) is 76.8 Å². The summed E-state index contributed by atoms with van der Waals surface area (Å²) in [6.07, 6.45) is 7.25. The second-order valence-electron chi connectivity index (χ2n) is 5.92. The van der Waals surface area contributed by atoms with Crippen molar-refractivity contribution in [3.8, 4) is 5.69 Å². The van der Waals surface area contributed by atoms with E-state index in [0.717, 1.165) is 24.1 Å². The number of benzene rings is 1. The van der Waals surface area contributed by atoms with Crippen molar-refractivity contribution >= 4 is 11.8 Å². The van der Waals surface area contributed by atoms with Crippen LogP contribution >= 0.6 is 0 Å². The maximum Gasteiger partial charge on any atom is 0.320 e. The van der Waals surface area contributed by atoms with Gasteiger partial charge in [-0.2, -0.15) is 10.2 Å². The molecule has 3 aromatic rings. The van der Waals surface area contributed by atoms with Crippen LogP contribution in [0.1, 0.15) is 17.5 Å². The van der Waals surface area contributed by atoms with Crippen molar-refractivity contribution in [3.63, 3.8) is 0 Å². The minimum absolute atomic E-state index is 0.235. The maximum atomic E-state index is 12.1. The van der Waals surface area contributed by atoms with Gasteiger partial charge in [0.05, 0.1) is 18.1 Å². The van der Waals surface area contributed by atoms with Gasteiger partial charge in [0.1, 0.15) is 5.82 Å². The highest BCUT2D eigenvalue weighted by atomic mass is 16.2. The van der Waals surface area contributed by atoms with Crippen LogP contribution in [-0.4, -0.2) is 32.1 Å². The monoisotopic (exact) mass is 338 g/mol. The fraction of sp³-hybridized carbons (Fsp3) is 0.278. The summed E-state index contributed by atoms with van der Waals surface area (Å²) in [4.78, 5) is 12.1. The van der Waals surface area contributed by atoms with Crippen LogP contribution in [0.3, 0.4) is 0 Å². The molecule has 0 radical (unpaired) electrons. The molecule has 0 aliphatic rings. The molecule has 3 rings (SSSR count). The van der Waals surface area contributed by atoms with Crippen LogP contribution in [0.5, 0.6) is 0 Å². The highest BCUT2D eigenvalue weighted by Crippen LogP contribution is 2.17. The molecule has 0 fully saturated rings. The van der Waals surface area contributed by atoms with Gasteiger partial charge in [0.25, 0.3) is 0 Å². The number of carbonyl (C=O) groups is 1. The van der Waals surface area contributed by atoms with E-state index in [1.165, 1.54) is 5.56 Å². The lowest BCUT2D eigenvalue weighted by atomic mass is 10.2. The molecule has 7 nitrogen and oxygen atoms in total. The molecule has 25 heavy (non-hydrogen) atoms. The van der Waals surface area contributed by atoms with Gasteiger partial charge < -0.3 is 5.32 Å². The Kier molecular flexibility index (Phi) is 5.13. The lowest BCUT2D eigenvalue weighted by Crippen LogP contribution is -2.30. The average Bonchev–Trinajstić information content (AvgIpc) is 3.21. The van der Waals surface area contributed by atoms with Gasteiger partial charge in [0.2, 0.25) is 0 Å². The van der Waals surface area contributed by atoms with Crippen LogP contribution in [0.15, 0.2) is 48.9 Å². The molecule has 0 atom stereocenters. The third kappa shape index (κ3) is 4.26. The zero-order valence-electron chi connectivity index (χ0n) is 14.4. The summed E-state index contributed by atoms with van der Waals surface area (Å²) in [5.74, 6) is 0.638. The Morgan fingerprint density at radius 1 is 1.20 bits per heavy atom. The highest BCUT2D eigenvalue weighted by Gasteiger charge is 2.09. The van der Waals surface area contributed by atoms with E-state index >= 15 is 0 Å². The molecule has 130 valence electrons. The van der Waals surface area contributed by atoms with E-state index in [0.29, 0.717) is 12.4 Å². The molecule has 0 unspecified atom stereocenters. The number of hydrogen-bond donors (Lipinski definition) is 2. The number of urea groups is 1. The molecule has 2 aromatic heterocycles. The Labute approximate surface area is 146 Å². The first kappa shape index (κ1) is 16.8. The molecule has 0 aliphatic heterocycles. The Morgan fingerprint density at radius 3 is 2.80 bits per heavy atom. The molecule has 0 saturated heterocycles. The number of hydrogen-bond acceptors (Lipinski definition) is 3. The van der Waals surface area contributed by atoms with E-state index < -0.39 is 0 Å². The third-order valence-corrected chi connectivity index (χ3v) is 3.91. The maximum absolute atomic E-state index is 12.1. The van der Waals surface area contributed by atoms with Gasteiger partial charge in [-0.15, -0.1) is 0 Å². The van der Waals surface area contributed by atoms with Gasteiger partial charge in [-0.1, -0.05) is 18.2 Å². The number of rotatable bonds is 6. The Bertz CT molecular complexity index is 851. The zero-order chi connectivity index (χ0) is 17.6. The molecule has 1 aromatic carbocycles. The van der Waals surface area contributed by atoms with E-state index in [9.17, 15) is 4.79 Å². The molecule has 2 amide bonds. The Hall–Kier alpha value is -3.09. The summed E-state index contributed by atoms with van der Waals surface area (Å²) in [7, 11) is 1.90. The summed E-state index contributed by atoms with van der Waals surface area (Å²) in [6, 6.07) is 9.46. The van der Waals surface area contributed by atoms with E-state index in [1.807, 2.05) is 50.6 Å². The fourth-order valence-electron chi connectivity index (χ4n) is 2.65. The number of carbonyl (C=O) groups excluding carboxylic acids is 1. The van der Waals surface area contributed by atoms with Crippen LogP contribution in [0.2, 0.25) is 0 Å². The van der Waals surface area contributed by atoms with Crippen LogP contribution in [-0.2, 0) is 13.5 Å². The minimum atomic E-state index is -0.235. The average molecular weight is 338 g/mol. The zero-order valence-corrected chi connectivity index (χ0v) is 14.4. The number of nitrogens with zero attached hydrogens (tertiary/aromatic N) is 4. The first-order valence-electron chi connectivity index (χ1n) is 8.26. The summed E-state index contributed by atoms with van der Waals surface area (Å²) in [6.45, 7) is 2.61. The van der Waals surface area contributed by atoms with Crippen molar-refractivity contribution in [1.82, 2.24) is 24.9 Å². The number of aryl methyl sites for hydroxylation is 3. The largest absolute Gasteiger partial charge is 0.338 e. The number of nitrogens with one attached hydrogen (secondary N) is 2. The summed E-state index contributed by atoms with van der Waals surface area (Å²) < 4.78 is 3.51. The molecule has 2 N–H and O–H groups in total. The van der Waals surface area contributed by atoms with E-state index in [1.54, 1.807) is 21.6 Å². The molecule has 7 heteroatoms. The first-order chi connectivity index (χ1) is 12.1. The van der Waals surface area contributed by atoms with Gasteiger partial charge in [0.15, 0.2) is 0 Å². The van der Waals surface area contributed by atoms with Gasteiger partial charge in [-0.05, 0) is 37.0 Å². The number of anilines is 1. The molecule has 0 aliphatic carbocycles. The summed E-state index contributed by atoms with van der Waals surface area (Å²) >= 11 is 0. The number of aromatic nitrogens is 4. The van der Waals surface area contributed by atoms with Crippen molar-refractivity contribution in [1.29, 1.82) is 0 Å². The molecule has 2 heterocycles. The van der Waals surface area contributed by atoms with Crippen LogP contribution in [0.4, 0.5) is 10.6 Å². The van der Waals surface area contributed by atoms with Crippen molar-refractivity contribution in [3.05, 3.63) is 60.0 Å². The van der Waals surface area contributed by atoms with Gasteiger partial charge in [0, 0.05) is 25.9 Å². The second kappa shape index (κ2) is 7.65. The normalized spacial score (nSPS) is 10.6. The number of amides is 2. The van der Waals surface area contributed by atoms with Crippen LogP contribution < -0.4 is 10.6 Å². The third-order valence-electron chi connectivity index (χ3n) is 3.91. The van der Waals surface area contributed by atoms with Crippen molar-refractivity contribution in [2.45, 2.75) is 19.8 Å². The second-order valence-corrected chi connectivity index (χ2v) is 5.92. The lowest BCUT2D eigenvalue weighted by molar-refractivity contribution is 0.252. The predicted molar refractivity (Wildman–Crippen MR) is 96.9 cm³/mol. The van der Waals surface area contributed by atoms with E-state index in [2.05, 4.69) is 20.8 Å². The molecule has 0 bridgehead atoms. The minimum Gasteiger partial charge on any atom is -0.338 e. The van der Waals surface area contributed by atoms with E-state index in [-0.39, 0.29) is 6.03 Å². The van der Waals surface area contributed by atoms with E-state index in [4.69, 9.17) is 0 Å².